The van der Waals surface area contributed by atoms with E-state index in [4.69, 9.17) is 9.97 Å². The van der Waals surface area contributed by atoms with Crippen molar-refractivity contribution in [2.24, 2.45) is 0 Å². The molecule has 224 valence electrons. The van der Waals surface area contributed by atoms with Crippen molar-refractivity contribution in [3.63, 3.8) is 0 Å². The highest BCUT2D eigenvalue weighted by atomic mass is 14.9. The average Bonchev–Trinajstić information content (AvgIpc) is 3.18. The predicted molar refractivity (Wildman–Crippen MR) is 200 cm³/mol. The molecule has 0 spiro atoms. The van der Waals surface area contributed by atoms with Gasteiger partial charge in [0.15, 0.2) is 5.82 Å². The van der Waals surface area contributed by atoms with Crippen LogP contribution in [0.25, 0.3) is 88.5 Å². The monoisotopic (exact) mass is 611 g/mol. The molecule has 0 N–H and O–H groups in total. The lowest BCUT2D eigenvalue weighted by Crippen LogP contribution is -1.96. The fourth-order valence-electron chi connectivity index (χ4n) is 6.75. The number of fused-ring (bicyclic) bond motifs is 6. The maximum Gasteiger partial charge on any atom is 0.160 e. The van der Waals surface area contributed by atoms with Crippen LogP contribution in [-0.2, 0) is 0 Å². The van der Waals surface area contributed by atoms with Crippen LogP contribution in [0.1, 0.15) is 0 Å². The van der Waals surface area contributed by atoms with Crippen LogP contribution in [0.15, 0.2) is 176 Å². The first-order chi connectivity index (χ1) is 23.8. The summed E-state index contributed by atoms with van der Waals surface area (Å²) in [6.07, 6.45) is 3.69. The maximum absolute atomic E-state index is 5.13. The van der Waals surface area contributed by atoms with E-state index in [1.54, 1.807) is 6.20 Å². The second kappa shape index (κ2) is 11.7. The third-order valence-electron chi connectivity index (χ3n) is 9.19. The summed E-state index contributed by atoms with van der Waals surface area (Å²) in [7, 11) is 0. The number of aromatic nitrogens is 3. The largest absolute Gasteiger partial charge is 0.264 e. The second-order valence-electron chi connectivity index (χ2n) is 12.1. The number of rotatable bonds is 5. The minimum absolute atomic E-state index is 0.710. The Kier molecular flexibility index (Phi) is 6.80. The van der Waals surface area contributed by atoms with Gasteiger partial charge in [-0.15, -0.1) is 0 Å². The molecule has 0 aliphatic carbocycles. The Morgan fingerprint density at radius 2 is 0.750 bits per heavy atom. The highest BCUT2D eigenvalue weighted by Gasteiger charge is 2.14. The van der Waals surface area contributed by atoms with Gasteiger partial charge < -0.3 is 0 Å². The number of nitrogens with zero attached hydrogens (tertiary/aromatic N) is 3. The first-order valence-electron chi connectivity index (χ1n) is 16.2. The molecule has 2 aromatic heterocycles. The smallest absolute Gasteiger partial charge is 0.160 e. The number of hydrogen-bond donors (Lipinski definition) is 0. The van der Waals surface area contributed by atoms with Gasteiger partial charge in [-0.25, -0.2) is 9.97 Å². The van der Waals surface area contributed by atoms with E-state index < -0.39 is 0 Å². The van der Waals surface area contributed by atoms with Crippen molar-refractivity contribution in [3.05, 3.63) is 176 Å². The third kappa shape index (κ3) is 4.99. The van der Waals surface area contributed by atoms with Gasteiger partial charge in [-0.2, -0.15) is 0 Å². The molecule has 3 nitrogen and oxygen atoms in total. The maximum atomic E-state index is 5.13. The highest BCUT2D eigenvalue weighted by molar-refractivity contribution is 6.25. The van der Waals surface area contributed by atoms with E-state index in [1.165, 1.54) is 37.9 Å². The molecule has 0 saturated carbocycles. The molecule has 0 fully saturated rings. The Morgan fingerprint density at radius 1 is 0.292 bits per heavy atom. The first-order valence-corrected chi connectivity index (χ1v) is 16.2. The Hall–Kier alpha value is -6.45. The van der Waals surface area contributed by atoms with Crippen LogP contribution in [0.5, 0.6) is 0 Å². The van der Waals surface area contributed by atoms with Gasteiger partial charge >= 0.3 is 0 Å². The van der Waals surface area contributed by atoms with E-state index in [0.29, 0.717) is 5.82 Å². The summed E-state index contributed by atoms with van der Waals surface area (Å²) in [4.78, 5) is 14.5. The molecule has 0 aliphatic rings. The van der Waals surface area contributed by atoms with Crippen LogP contribution in [0.3, 0.4) is 0 Å². The first kappa shape index (κ1) is 27.8. The summed E-state index contributed by atoms with van der Waals surface area (Å²) in [5.74, 6) is 0.710. The fraction of sp³-hybridized carbons (Fsp3) is 0. The molecule has 0 amide bonds. The van der Waals surface area contributed by atoms with Crippen LogP contribution in [0.2, 0.25) is 0 Å². The highest BCUT2D eigenvalue weighted by Crippen LogP contribution is 2.38. The standard InChI is InChI=1S/C45H29N3/c1-2-9-34(10-3-1)45-47-43(33-22-20-31(21-23-33)30-16-18-32(19-17-30)36-11-8-26-46-29-36)28-44(48-45)35-24-25-41-39-14-5-4-12-37(39)38-13-6-7-15-40(38)42(41)27-35/h1-29H. The molecule has 9 rings (SSSR count). The van der Waals surface area contributed by atoms with Gasteiger partial charge in [0, 0.05) is 29.1 Å². The van der Waals surface area contributed by atoms with Crippen molar-refractivity contribution in [2.75, 3.05) is 0 Å². The lowest BCUT2D eigenvalue weighted by atomic mass is 9.92. The number of hydrogen-bond acceptors (Lipinski definition) is 3. The second-order valence-corrected chi connectivity index (χ2v) is 12.1. The van der Waals surface area contributed by atoms with E-state index >= 15 is 0 Å². The zero-order valence-corrected chi connectivity index (χ0v) is 26.1. The van der Waals surface area contributed by atoms with Crippen molar-refractivity contribution in [2.45, 2.75) is 0 Å². The van der Waals surface area contributed by atoms with Crippen LogP contribution in [-0.4, -0.2) is 15.0 Å². The molecule has 2 heterocycles. The third-order valence-corrected chi connectivity index (χ3v) is 9.19. The van der Waals surface area contributed by atoms with E-state index in [1.807, 2.05) is 30.5 Å². The number of pyridine rings is 1. The van der Waals surface area contributed by atoms with Crippen molar-refractivity contribution < 1.29 is 0 Å². The van der Waals surface area contributed by atoms with Crippen LogP contribution in [0.4, 0.5) is 0 Å². The molecule has 7 aromatic carbocycles. The summed E-state index contributed by atoms with van der Waals surface area (Å²) in [6.45, 7) is 0. The van der Waals surface area contributed by atoms with Crippen LogP contribution in [0, 0.1) is 0 Å². The van der Waals surface area contributed by atoms with Gasteiger partial charge in [-0.05, 0) is 72.8 Å². The minimum Gasteiger partial charge on any atom is -0.264 e. The van der Waals surface area contributed by atoms with Crippen molar-refractivity contribution in [1.82, 2.24) is 15.0 Å². The van der Waals surface area contributed by atoms with Gasteiger partial charge in [0.2, 0.25) is 0 Å². The topological polar surface area (TPSA) is 38.7 Å². The minimum atomic E-state index is 0.710. The molecule has 0 atom stereocenters. The Balaban J connectivity index is 1.14. The normalized spacial score (nSPS) is 11.3. The van der Waals surface area contributed by atoms with Gasteiger partial charge in [0.05, 0.1) is 11.4 Å². The quantitative estimate of drug-likeness (QED) is 0.182. The predicted octanol–water partition coefficient (Wildman–Crippen LogP) is 11.7. The van der Waals surface area contributed by atoms with Gasteiger partial charge in [0.1, 0.15) is 0 Å². The molecule has 0 saturated heterocycles. The molecule has 0 radical (unpaired) electrons. The van der Waals surface area contributed by atoms with E-state index in [-0.39, 0.29) is 0 Å². The Morgan fingerprint density at radius 3 is 1.33 bits per heavy atom. The lowest BCUT2D eigenvalue weighted by Gasteiger charge is -2.13. The van der Waals surface area contributed by atoms with E-state index in [2.05, 4.69) is 145 Å². The molecule has 0 unspecified atom stereocenters. The summed E-state index contributed by atoms with van der Waals surface area (Å²) in [5.41, 5.74) is 9.47. The van der Waals surface area contributed by atoms with Gasteiger partial charge in [0.25, 0.3) is 0 Å². The average molecular weight is 612 g/mol. The SMILES string of the molecule is c1ccc(-c2nc(-c3ccc(-c4ccc(-c5cccnc5)cc4)cc3)cc(-c3ccc4c5ccccc5c5ccccc5c4c3)n2)cc1. The van der Waals surface area contributed by atoms with Gasteiger partial charge in [-0.1, -0.05) is 146 Å². The summed E-state index contributed by atoms with van der Waals surface area (Å²) in [6, 6.07) is 57.8. The van der Waals surface area contributed by atoms with Crippen LogP contribution >= 0.6 is 0 Å². The zero-order chi connectivity index (χ0) is 31.9. The van der Waals surface area contributed by atoms with E-state index in [9.17, 15) is 0 Å². The Labute approximate surface area is 278 Å². The van der Waals surface area contributed by atoms with Crippen molar-refractivity contribution >= 4 is 32.3 Å². The van der Waals surface area contributed by atoms with Crippen molar-refractivity contribution in [3.8, 4) is 56.2 Å². The van der Waals surface area contributed by atoms with E-state index in [0.717, 1.165) is 44.8 Å². The molecule has 0 aliphatic heterocycles. The summed E-state index contributed by atoms with van der Waals surface area (Å²) < 4.78 is 0. The molecule has 48 heavy (non-hydrogen) atoms. The lowest BCUT2D eigenvalue weighted by molar-refractivity contribution is 1.18. The molecular weight excluding hydrogens is 583 g/mol. The number of benzene rings is 7. The molecule has 9 aromatic rings. The van der Waals surface area contributed by atoms with Crippen LogP contribution < -0.4 is 0 Å². The summed E-state index contributed by atoms with van der Waals surface area (Å²) >= 11 is 0. The fourth-order valence-corrected chi connectivity index (χ4v) is 6.75. The molecular formula is C45H29N3. The molecule has 3 heteroatoms. The zero-order valence-electron chi connectivity index (χ0n) is 26.1. The van der Waals surface area contributed by atoms with Gasteiger partial charge in [-0.3, -0.25) is 4.98 Å². The summed E-state index contributed by atoms with van der Waals surface area (Å²) in [5, 5.41) is 7.51. The molecule has 0 bridgehead atoms. The Bertz CT molecular complexity index is 2540. The van der Waals surface area contributed by atoms with Crippen molar-refractivity contribution in [1.29, 1.82) is 0 Å².